The van der Waals surface area contributed by atoms with Gasteiger partial charge in [-0.3, -0.25) is 0 Å². The third-order valence-electron chi connectivity index (χ3n) is 2.34. The minimum absolute atomic E-state index is 0.709. The van der Waals surface area contributed by atoms with Crippen LogP contribution in [-0.2, 0) is 0 Å². The number of hydrogen-bond acceptors (Lipinski definition) is 3. The van der Waals surface area contributed by atoms with Crippen molar-refractivity contribution in [3.8, 4) is 0 Å². The smallest absolute Gasteiger partial charge is 0.110 e. The molecule has 2 aromatic heterocycles. The number of nitrogens with zero attached hydrogens (tertiary/aromatic N) is 2. The normalized spacial score (nSPS) is 10.9. The van der Waals surface area contributed by atoms with Crippen molar-refractivity contribution in [3.05, 3.63) is 41.0 Å². The van der Waals surface area contributed by atoms with E-state index in [1.54, 1.807) is 0 Å². The Labute approximate surface area is 90.8 Å². The topological polar surface area (TPSA) is 41.6 Å². The average molecular weight is 213 g/mol. The molecule has 0 aliphatic rings. The molecule has 1 aromatic carbocycles. The molecule has 0 spiro atoms. The van der Waals surface area contributed by atoms with Crippen molar-refractivity contribution in [1.29, 1.82) is 0 Å². The van der Waals surface area contributed by atoms with Gasteiger partial charge in [-0.2, -0.15) is 0 Å². The van der Waals surface area contributed by atoms with Gasteiger partial charge in [0.1, 0.15) is 10.2 Å². The van der Waals surface area contributed by atoms with Crippen LogP contribution in [0.4, 0.5) is 0 Å². The van der Waals surface area contributed by atoms with E-state index in [2.05, 4.69) is 15.2 Å². The number of aromatic nitrogens is 3. The molecule has 0 amide bonds. The minimum atomic E-state index is 0.709. The first-order valence-electron chi connectivity index (χ1n) is 4.59. The van der Waals surface area contributed by atoms with Gasteiger partial charge in [0.25, 0.3) is 0 Å². The number of H-pyrrole nitrogens is 1. The molecule has 3 rings (SSSR count). The third-order valence-corrected chi connectivity index (χ3v) is 2.57. The maximum atomic E-state index is 5.10. The summed E-state index contributed by atoms with van der Waals surface area (Å²) in [5, 5.41) is 9.31. The summed E-state index contributed by atoms with van der Waals surface area (Å²) in [6.45, 7) is 0. The first-order chi connectivity index (χ1) is 7.34. The van der Waals surface area contributed by atoms with Gasteiger partial charge >= 0.3 is 0 Å². The molecule has 15 heavy (non-hydrogen) atoms. The number of hydrogen-bond donors (Lipinski definition) is 1. The summed E-state index contributed by atoms with van der Waals surface area (Å²) in [5.41, 5.74) is 2.66. The number of rotatable bonds is 0. The fourth-order valence-electron chi connectivity index (χ4n) is 1.64. The van der Waals surface area contributed by atoms with Crippen LogP contribution in [0.3, 0.4) is 0 Å². The first kappa shape index (κ1) is 8.49. The van der Waals surface area contributed by atoms with Gasteiger partial charge < -0.3 is 4.98 Å². The standard InChI is InChI=1S/C11H7N3S/c15-10-6-5-9-11(12-10)7-3-1-2-4-8(7)13-14-9/h1-6H,(H,12,15). The molecule has 0 bridgehead atoms. The van der Waals surface area contributed by atoms with E-state index in [9.17, 15) is 0 Å². The Morgan fingerprint density at radius 3 is 2.67 bits per heavy atom. The summed E-state index contributed by atoms with van der Waals surface area (Å²) in [6, 6.07) is 11.6. The van der Waals surface area contributed by atoms with Crippen LogP contribution in [-0.4, -0.2) is 15.2 Å². The summed E-state index contributed by atoms with van der Waals surface area (Å²) in [6.07, 6.45) is 0. The van der Waals surface area contributed by atoms with E-state index in [4.69, 9.17) is 12.2 Å². The molecule has 72 valence electrons. The Morgan fingerprint density at radius 2 is 1.73 bits per heavy atom. The largest absolute Gasteiger partial charge is 0.344 e. The molecule has 0 aliphatic carbocycles. The number of nitrogens with one attached hydrogen (secondary N) is 1. The van der Waals surface area contributed by atoms with Gasteiger partial charge in [0.05, 0.1) is 11.0 Å². The third kappa shape index (κ3) is 1.30. The van der Waals surface area contributed by atoms with Crippen molar-refractivity contribution in [3.63, 3.8) is 0 Å². The molecular formula is C11H7N3S. The molecule has 0 atom stereocenters. The maximum Gasteiger partial charge on any atom is 0.110 e. The second kappa shape index (κ2) is 3.10. The van der Waals surface area contributed by atoms with Gasteiger partial charge in [0.2, 0.25) is 0 Å². The van der Waals surface area contributed by atoms with Crippen LogP contribution < -0.4 is 0 Å². The van der Waals surface area contributed by atoms with E-state index in [1.807, 2.05) is 36.4 Å². The van der Waals surface area contributed by atoms with Crippen molar-refractivity contribution in [1.82, 2.24) is 15.2 Å². The molecular weight excluding hydrogens is 206 g/mol. The average Bonchev–Trinajstić information content (AvgIpc) is 2.29. The molecule has 2 heterocycles. The zero-order chi connectivity index (χ0) is 10.3. The predicted molar refractivity (Wildman–Crippen MR) is 62.2 cm³/mol. The Kier molecular flexibility index (Phi) is 1.76. The lowest BCUT2D eigenvalue weighted by Crippen LogP contribution is -1.89. The van der Waals surface area contributed by atoms with Crippen molar-refractivity contribution in [2.45, 2.75) is 0 Å². The van der Waals surface area contributed by atoms with Gasteiger partial charge in [-0.25, -0.2) is 0 Å². The number of pyridine rings is 1. The van der Waals surface area contributed by atoms with Gasteiger partial charge in [0.15, 0.2) is 0 Å². The van der Waals surface area contributed by atoms with Gasteiger partial charge in [-0.1, -0.05) is 30.4 Å². The SMILES string of the molecule is S=c1ccc2nnc3ccccc3c2[nH]1. The summed E-state index contributed by atoms with van der Waals surface area (Å²) in [4.78, 5) is 3.14. The van der Waals surface area contributed by atoms with E-state index >= 15 is 0 Å². The molecule has 1 N–H and O–H groups in total. The lowest BCUT2D eigenvalue weighted by molar-refractivity contribution is 1.11. The highest BCUT2D eigenvalue weighted by Crippen LogP contribution is 2.18. The zero-order valence-electron chi connectivity index (χ0n) is 7.77. The summed E-state index contributed by atoms with van der Waals surface area (Å²) >= 11 is 5.10. The summed E-state index contributed by atoms with van der Waals surface area (Å²) in [7, 11) is 0. The van der Waals surface area contributed by atoms with Crippen molar-refractivity contribution >= 4 is 34.2 Å². The zero-order valence-corrected chi connectivity index (χ0v) is 8.58. The summed E-state index contributed by atoms with van der Waals surface area (Å²) < 4.78 is 0.709. The fraction of sp³-hybridized carbons (Fsp3) is 0. The number of aromatic amines is 1. The maximum absolute atomic E-state index is 5.10. The molecule has 4 heteroatoms. The molecule has 0 unspecified atom stereocenters. The van der Waals surface area contributed by atoms with Crippen LogP contribution in [0.25, 0.3) is 21.9 Å². The summed E-state index contributed by atoms with van der Waals surface area (Å²) in [5.74, 6) is 0. The van der Waals surface area contributed by atoms with Crippen molar-refractivity contribution in [2.75, 3.05) is 0 Å². The number of fused-ring (bicyclic) bond motifs is 3. The van der Waals surface area contributed by atoms with Gasteiger partial charge in [-0.15, -0.1) is 10.2 Å². The second-order valence-electron chi connectivity index (χ2n) is 3.30. The van der Waals surface area contributed by atoms with Crippen LogP contribution in [0.5, 0.6) is 0 Å². The Hall–Kier alpha value is -1.81. The fourth-order valence-corrected chi connectivity index (χ4v) is 1.81. The highest BCUT2D eigenvalue weighted by atomic mass is 32.1. The monoisotopic (exact) mass is 213 g/mol. The Morgan fingerprint density at radius 1 is 0.933 bits per heavy atom. The highest BCUT2D eigenvalue weighted by molar-refractivity contribution is 7.71. The van der Waals surface area contributed by atoms with E-state index in [0.29, 0.717) is 4.64 Å². The highest BCUT2D eigenvalue weighted by Gasteiger charge is 2.01. The lowest BCUT2D eigenvalue weighted by atomic mass is 10.2. The lowest BCUT2D eigenvalue weighted by Gasteiger charge is -2.00. The Balaban J connectivity index is 2.63. The predicted octanol–water partition coefficient (Wildman–Crippen LogP) is 2.84. The second-order valence-corrected chi connectivity index (χ2v) is 3.74. The van der Waals surface area contributed by atoms with E-state index in [1.165, 1.54) is 0 Å². The molecule has 0 aliphatic heterocycles. The molecule has 3 nitrogen and oxygen atoms in total. The van der Waals surface area contributed by atoms with Crippen molar-refractivity contribution < 1.29 is 0 Å². The number of benzene rings is 1. The van der Waals surface area contributed by atoms with Crippen LogP contribution in [0, 0.1) is 4.64 Å². The minimum Gasteiger partial charge on any atom is -0.344 e. The van der Waals surface area contributed by atoms with Gasteiger partial charge in [0, 0.05) is 5.39 Å². The van der Waals surface area contributed by atoms with Crippen LogP contribution >= 0.6 is 12.2 Å². The molecule has 0 saturated heterocycles. The molecule has 0 radical (unpaired) electrons. The van der Waals surface area contributed by atoms with Crippen LogP contribution in [0.2, 0.25) is 0 Å². The Bertz CT molecular complexity index is 703. The first-order valence-corrected chi connectivity index (χ1v) is 5.00. The molecule has 0 fully saturated rings. The van der Waals surface area contributed by atoms with Crippen LogP contribution in [0.15, 0.2) is 36.4 Å². The van der Waals surface area contributed by atoms with E-state index in [-0.39, 0.29) is 0 Å². The molecule has 0 saturated carbocycles. The van der Waals surface area contributed by atoms with E-state index in [0.717, 1.165) is 21.9 Å². The van der Waals surface area contributed by atoms with Gasteiger partial charge in [-0.05, 0) is 18.2 Å². The molecule has 3 aromatic rings. The quantitative estimate of drug-likeness (QED) is 0.461. The van der Waals surface area contributed by atoms with Crippen LogP contribution in [0.1, 0.15) is 0 Å². The van der Waals surface area contributed by atoms with Crippen molar-refractivity contribution in [2.24, 2.45) is 0 Å². The van der Waals surface area contributed by atoms with E-state index < -0.39 is 0 Å².